The molecular weight excluding hydrogens is 420 g/mol. The SMILES string of the molecule is CCCCn1nc(C(=O)N2CCCC(c3nc4ccccc4s3)C2)c2ccccc2c1=O. The quantitative estimate of drug-likeness (QED) is 0.441. The highest BCUT2D eigenvalue weighted by Gasteiger charge is 2.29. The number of nitrogens with zero attached hydrogens (tertiary/aromatic N) is 4. The van der Waals surface area contributed by atoms with Gasteiger partial charge in [0.1, 0.15) is 0 Å². The molecule has 32 heavy (non-hydrogen) atoms. The fourth-order valence-corrected chi connectivity index (χ4v) is 5.52. The number of thiazole rings is 1. The van der Waals surface area contributed by atoms with Gasteiger partial charge in [0, 0.05) is 30.9 Å². The van der Waals surface area contributed by atoms with Crippen LogP contribution in [-0.4, -0.2) is 38.7 Å². The number of amides is 1. The number of hydrogen-bond acceptors (Lipinski definition) is 5. The molecular formula is C25H26N4O2S. The molecule has 1 unspecified atom stereocenters. The van der Waals surface area contributed by atoms with Gasteiger partial charge in [-0.15, -0.1) is 11.3 Å². The Kier molecular flexibility index (Phi) is 5.74. The van der Waals surface area contributed by atoms with Gasteiger partial charge in [-0.2, -0.15) is 5.10 Å². The first kappa shape index (κ1) is 20.8. The van der Waals surface area contributed by atoms with Gasteiger partial charge in [0.2, 0.25) is 0 Å². The van der Waals surface area contributed by atoms with E-state index in [1.54, 1.807) is 17.4 Å². The Morgan fingerprint density at radius 2 is 1.91 bits per heavy atom. The topological polar surface area (TPSA) is 68.1 Å². The number of hydrogen-bond donors (Lipinski definition) is 0. The van der Waals surface area contributed by atoms with Crippen LogP contribution in [0.15, 0.2) is 53.3 Å². The minimum absolute atomic E-state index is 0.0998. The van der Waals surface area contributed by atoms with Crippen molar-refractivity contribution in [2.75, 3.05) is 13.1 Å². The summed E-state index contributed by atoms with van der Waals surface area (Å²) in [5.74, 6) is 0.125. The van der Waals surface area contributed by atoms with Crippen LogP contribution in [0.5, 0.6) is 0 Å². The van der Waals surface area contributed by atoms with E-state index in [9.17, 15) is 9.59 Å². The maximum Gasteiger partial charge on any atom is 0.274 e. The lowest BCUT2D eigenvalue weighted by molar-refractivity contribution is 0.0700. The van der Waals surface area contributed by atoms with Crippen LogP contribution >= 0.6 is 11.3 Å². The summed E-state index contributed by atoms with van der Waals surface area (Å²) in [6.07, 6.45) is 3.76. The van der Waals surface area contributed by atoms with E-state index < -0.39 is 0 Å². The predicted molar refractivity (Wildman–Crippen MR) is 128 cm³/mol. The number of likely N-dealkylation sites (tertiary alicyclic amines) is 1. The predicted octanol–water partition coefficient (Wildman–Crippen LogP) is 4.83. The highest BCUT2D eigenvalue weighted by molar-refractivity contribution is 7.18. The Bertz CT molecular complexity index is 1310. The lowest BCUT2D eigenvalue weighted by Gasteiger charge is -2.31. The summed E-state index contributed by atoms with van der Waals surface area (Å²) in [5.41, 5.74) is 1.27. The van der Waals surface area contributed by atoms with Crippen LogP contribution in [0, 0.1) is 0 Å². The molecule has 4 aromatic rings. The number of benzene rings is 2. The van der Waals surface area contributed by atoms with Gasteiger partial charge in [0.15, 0.2) is 5.69 Å². The summed E-state index contributed by atoms with van der Waals surface area (Å²) in [6.45, 7) is 3.93. The molecule has 1 fully saturated rings. The molecule has 0 aliphatic carbocycles. The molecule has 0 bridgehead atoms. The number of unbranched alkanes of at least 4 members (excludes halogenated alkanes) is 1. The lowest BCUT2D eigenvalue weighted by atomic mass is 9.98. The Morgan fingerprint density at radius 1 is 1.12 bits per heavy atom. The van der Waals surface area contributed by atoms with Gasteiger partial charge in [0.05, 0.1) is 20.6 Å². The number of carbonyl (C=O) groups is 1. The van der Waals surface area contributed by atoms with Crippen LogP contribution < -0.4 is 5.56 Å². The van der Waals surface area contributed by atoms with E-state index in [0.29, 0.717) is 36.1 Å². The average molecular weight is 447 g/mol. The number of rotatable bonds is 5. The molecule has 5 rings (SSSR count). The van der Waals surface area contributed by atoms with Crippen molar-refractivity contribution in [2.24, 2.45) is 0 Å². The van der Waals surface area contributed by atoms with Crippen LogP contribution in [0.4, 0.5) is 0 Å². The van der Waals surface area contributed by atoms with Gasteiger partial charge < -0.3 is 4.90 Å². The summed E-state index contributed by atoms with van der Waals surface area (Å²) < 4.78 is 2.65. The molecule has 0 radical (unpaired) electrons. The molecule has 164 valence electrons. The van der Waals surface area contributed by atoms with Crippen molar-refractivity contribution in [3.8, 4) is 0 Å². The van der Waals surface area contributed by atoms with Crippen molar-refractivity contribution >= 4 is 38.2 Å². The van der Waals surface area contributed by atoms with Gasteiger partial charge in [-0.25, -0.2) is 9.67 Å². The number of piperidine rings is 1. The molecule has 1 saturated heterocycles. The monoisotopic (exact) mass is 446 g/mol. The fourth-order valence-electron chi connectivity index (χ4n) is 4.43. The van der Waals surface area contributed by atoms with E-state index in [1.165, 1.54) is 9.38 Å². The normalized spacial score (nSPS) is 16.7. The Balaban J connectivity index is 1.48. The number of aromatic nitrogens is 3. The summed E-state index contributed by atoms with van der Waals surface area (Å²) in [7, 11) is 0. The van der Waals surface area contributed by atoms with Crippen molar-refractivity contribution in [3.63, 3.8) is 0 Å². The molecule has 0 N–H and O–H groups in total. The van der Waals surface area contributed by atoms with Gasteiger partial charge >= 0.3 is 0 Å². The van der Waals surface area contributed by atoms with Crippen molar-refractivity contribution in [1.82, 2.24) is 19.7 Å². The molecule has 1 atom stereocenters. The van der Waals surface area contributed by atoms with E-state index in [4.69, 9.17) is 4.98 Å². The Labute approximate surface area is 190 Å². The molecule has 7 heteroatoms. The largest absolute Gasteiger partial charge is 0.337 e. The van der Waals surface area contributed by atoms with E-state index in [1.807, 2.05) is 41.3 Å². The second-order valence-corrected chi connectivity index (χ2v) is 9.45. The van der Waals surface area contributed by atoms with Crippen molar-refractivity contribution in [3.05, 3.63) is 69.6 Å². The molecule has 2 aromatic heterocycles. The van der Waals surface area contributed by atoms with E-state index >= 15 is 0 Å². The van der Waals surface area contributed by atoms with Crippen LogP contribution in [0.2, 0.25) is 0 Å². The molecule has 0 spiro atoms. The molecule has 1 aliphatic rings. The van der Waals surface area contributed by atoms with Gasteiger partial charge in [-0.1, -0.05) is 43.7 Å². The molecule has 2 aromatic carbocycles. The zero-order chi connectivity index (χ0) is 22.1. The van der Waals surface area contributed by atoms with E-state index in [-0.39, 0.29) is 17.4 Å². The molecule has 3 heterocycles. The number of para-hydroxylation sites is 1. The number of carbonyl (C=O) groups excluding carboxylic acids is 1. The maximum absolute atomic E-state index is 13.6. The zero-order valence-corrected chi connectivity index (χ0v) is 19.0. The van der Waals surface area contributed by atoms with E-state index in [0.717, 1.165) is 36.2 Å². The summed E-state index contributed by atoms with van der Waals surface area (Å²) >= 11 is 1.72. The smallest absolute Gasteiger partial charge is 0.274 e. The highest BCUT2D eigenvalue weighted by atomic mass is 32.1. The van der Waals surface area contributed by atoms with Crippen molar-refractivity contribution < 1.29 is 4.79 Å². The third kappa shape index (κ3) is 3.81. The second-order valence-electron chi connectivity index (χ2n) is 8.39. The fraction of sp³-hybridized carbons (Fsp3) is 0.360. The first-order chi connectivity index (χ1) is 15.7. The first-order valence-corrected chi connectivity index (χ1v) is 12.1. The lowest BCUT2D eigenvalue weighted by Crippen LogP contribution is -2.40. The Hall–Kier alpha value is -3.06. The van der Waals surface area contributed by atoms with Crippen LogP contribution in [0.1, 0.15) is 54.0 Å². The number of fused-ring (bicyclic) bond motifs is 2. The van der Waals surface area contributed by atoms with Gasteiger partial charge in [0.25, 0.3) is 11.5 Å². The third-order valence-electron chi connectivity index (χ3n) is 6.16. The maximum atomic E-state index is 13.6. The summed E-state index contributed by atoms with van der Waals surface area (Å²) in [5, 5.41) is 6.83. The zero-order valence-electron chi connectivity index (χ0n) is 18.2. The van der Waals surface area contributed by atoms with Gasteiger partial charge in [-0.3, -0.25) is 9.59 Å². The van der Waals surface area contributed by atoms with Gasteiger partial charge in [-0.05, 0) is 37.5 Å². The average Bonchev–Trinajstić information content (AvgIpc) is 3.28. The van der Waals surface area contributed by atoms with Crippen molar-refractivity contribution in [1.29, 1.82) is 0 Å². The summed E-state index contributed by atoms with van der Waals surface area (Å²) in [4.78, 5) is 33.2. The van der Waals surface area contributed by atoms with Crippen LogP contribution in [-0.2, 0) is 6.54 Å². The van der Waals surface area contributed by atoms with E-state index in [2.05, 4.69) is 18.1 Å². The van der Waals surface area contributed by atoms with Crippen molar-refractivity contribution in [2.45, 2.75) is 45.1 Å². The minimum Gasteiger partial charge on any atom is -0.337 e. The molecule has 1 amide bonds. The third-order valence-corrected chi connectivity index (χ3v) is 7.36. The molecule has 0 saturated carbocycles. The summed E-state index contributed by atoms with van der Waals surface area (Å²) in [6, 6.07) is 15.5. The van der Waals surface area contributed by atoms with Crippen LogP contribution in [0.25, 0.3) is 21.0 Å². The number of aryl methyl sites for hydroxylation is 1. The van der Waals surface area contributed by atoms with Crippen LogP contribution in [0.3, 0.4) is 0 Å². The molecule has 6 nitrogen and oxygen atoms in total. The molecule has 1 aliphatic heterocycles. The Morgan fingerprint density at radius 3 is 2.72 bits per heavy atom. The standard InChI is InChI=1S/C25H26N4O2S/c1-2-3-15-29-24(30)19-11-5-4-10-18(19)22(27-29)25(31)28-14-8-9-17(16-28)23-26-20-12-6-7-13-21(20)32-23/h4-7,10-13,17H,2-3,8-9,14-16H2,1H3. The first-order valence-electron chi connectivity index (χ1n) is 11.3. The highest BCUT2D eigenvalue weighted by Crippen LogP contribution is 2.33. The minimum atomic E-state index is -0.128. The second kappa shape index (κ2) is 8.82.